The van der Waals surface area contributed by atoms with Crippen LogP contribution in [0.25, 0.3) is 0 Å². The van der Waals surface area contributed by atoms with Crippen molar-refractivity contribution in [2.24, 2.45) is 18.9 Å². The number of halogens is 3. The predicted molar refractivity (Wildman–Crippen MR) is 75.2 cm³/mol. The van der Waals surface area contributed by atoms with Gasteiger partial charge >= 0.3 is 12.1 Å². The summed E-state index contributed by atoms with van der Waals surface area (Å²) in [4.78, 5) is 23.9. The number of methoxy groups -OCH3 is 1. The maximum atomic E-state index is 13.3. The van der Waals surface area contributed by atoms with Crippen molar-refractivity contribution in [2.75, 3.05) is 7.11 Å². The number of hydrogen-bond acceptors (Lipinski definition) is 3. The van der Waals surface area contributed by atoms with E-state index in [1.54, 1.807) is 7.05 Å². The second-order valence-electron chi connectivity index (χ2n) is 5.76. The van der Waals surface area contributed by atoms with E-state index in [1.807, 2.05) is 0 Å². The van der Waals surface area contributed by atoms with Crippen LogP contribution in [-0.2, 0) is 21.4 Å². The Morgan fingerprint density at radius 2 is 2.00 bits per heavy atom. The van der Waals surface area contributed by atoms with E-state index in [4.69, 9.17) is 0 Å². The van der Waals surface area contributed by atoms with Gasteiger partial charge in [-0.15, -0.1) is 0 Å². The molecule has 0 bridgehead atoms. The Kier molecular flexibility index (Phi) is 5.01. The molecule has 1 aromatic heterocycles. The maximum absolute atomic E-state index is 13.3. The van der Waals surface area contributed by atoms with Gasteiger partial charge in [0.1, 0.15) is 0 Å². The number of amides is 1. The molecule has 3 atom stereocenters. The number of carbonyl (C=O) groups is 2. The SMILES string of the molecule is COC(=O)[C@@H]1CCC[C@H]1C(=O)N[C@@H](c1ccn(C)c1)C(F)(F)F. The van der Waals surface area contributed by atoms with E-state index in [0.717, 1.165) is 0 Å². The normalized spacial score (nSPS) is 22.7. The molecular weight excluding hydrogens is 313 g/mol. The van der Waals surface area contributed by atoms with Gasteiger partial charge in [0.25, 0.3) is 0 Å². The fourth-order valence-corrected chi connectivity index (χ4v) is 3.01. The highest BCUT2D eigenvalue weighted by molar-refractivity contribution is 5.86. The number of alkyl halides is 3. The highest BCUT2D eigenvalue weighted by Crippen LogP contribution is 2.36. The van der Waals surface area contributed by atoms with Gasteiger partial charge in [-0.2, -0.15) is 13.2 Å². The summed E-state index contributed by atoms with van der Waals surface area (Å²) >= 11 is 0. The van der Waals surface area contributed by atoms with Gasteiger partial charge in [0, 0.05) is 25.0 Å². The first kappa shape index (κ1) is 17.4. The van der Waals surface area contributed by atoms with Crippen molar-refractivity contribution in [2.45, 2.75) is 31.5 Å². The van der Waals surface area contributed by atoms with Crippen molar-refractivity contribution in [3.63, 3.8) is 0 Å². The minimum absolute atomic E-state index is 0.0408. The quantitative estimate of drug-likeness (QED) is 0.861. The van der Waals surface area contributed by atoms with Crippen molar-refractivity contribution in [1.82, 2.24) is 9.88 Å². The van der Waals surface area contributed by atoms with Crippen LogP contribution in [0.1, 0.15) is 30.9 Å². The van der Waals surface area contributed by atoms with Crippen molar-refractivity contribution in [3.05, 3.63) is 24.0 Å². The molecule has 1 aliphatic rings. The van der Waals surface area contributed by atoms with E-state index in [0.29, 0.717) is 19.3 Å². The summed E-state index contributed by atoms with van der Waals surface area (Å²) in [6.45, 7) is 0. The molecule has 1 saturated carbocycles. The van der Waals surface area contributed by atoms with Gasteiger partial charge in [0.15, 0.2) is 6.04 Å². The fraction of sp³-hybridized carbons (Fsp3) is 0.600. The second kappa shape index (κ2) is 6.64. The lowest BCUT2D eigenvalue weighted by Crippen LogP contribution is -2.42. The zero-order valence-corrected chi connectivity index (χ0v) is 12.9. The molecule has 1 amide bonds. The van der Waals surface area contributed by atoms with Crippen molar-refractivity contribution < 1.29 is 27.5 Å². The second-order valence-corrected chi connectivity index (χ2v) is 5.76. The van der Waals surface area contributed by atoms with E-state index >= 15 is 0 Å². The summed E-state index contributed by atoms with van der Waals surface area (Å²) in [6, 6.07) is -0.777. The molecule has 0 aliphatic heterocycles. The molecule has 128 valence electrons. The molecule has 1 heterocycles. The Bertz CT molecular complexity index is 583. The average molecular weight is 332 g/mol. The predicted octanol–water partition coefficient (Wildman–Crippen LogP) is 2.33. The molecule has 1 aliphatic carbocycles. The lowest BCUT2D eigenvalue weighted by Gasteiger charge is -2.24. The number of esters is 1. The molecule has 2 rings (SSSR count). The monoisotopic (exact) mass is 332 g/mol. The van der Waals surface area contributed by atoms with Gasteiger partial charge in [0.05, 0.1) is 18.9 Å². The van der Waals surface area contributed by atoms with Gasteiger partial charge in [0.2, 0.25) is 5.91 Å². The summed E-state index contributed by atoms with van der Waals surface area (Å²) in [5, 5.41) is 2.05. The van der Waals surface area contributed by atoms with E-state index in [1.165, 1.54) is 30.1 Å². The summed E-state index contributed by atoms with van der Waals surface area (Å²) in [5.74, 6) is -2.77. The Hall–Kier alpha value is -1.99. The number of ether oxygens (including phenoxy) is 1. The van der Waals surface area contributed by atoms with Crippen LogP contribution in [0.15, 0.2) is 18.5 Å². The number of rotatable bonds is 4. The van der Waals surface area contributed by atoms with Crippen LogP contribution in [0, 0.1) is 11.8 Å². The van der Waals surface area contributed by atoms with E-state index < -0.39 is 35.9 Å². The summed E-state index contributed by atoms with van der Waals surface area (Å²) in [6.07, 6.45) is -0.383. The Morgan fingerprint density at radius 3 is 2.52 bits per heavy atom. The first-order chi connectivity index (χ1) is 10.7. The Morgan fingerprint density at radius 1 is 1.35 bits per heavy atom. The lowest BCUT2D eigenvalue weighted by molar-refractivity contribution is -0.165. The van der Waals surface area contributed by atoms with E-state index in [-0.39, 0.29) is 5.56 Å². The van der Waals surface area contributed by atoms with E-state index in [9.17, 15) is 22.8 Å². The van der Waals surface area contributed by atoms with Crippen molar-refractivity contribution in [3.8, 4) is 0 Å². The first-order valence-corrected chi connectivity index (χ1v) is 7.31. The number of nitrogens with zero attached hydrogens (tertiary/aromatic N) is 1. The van der Waals surface area contributed by atoms with Crippen LogP contribution in [0.5, 0.6) is 0 Å². The van der Waals surface area contributed by atoms with Crippen LogP contribution in [-0.4, -0.2) is 29.7 Å². The standard InChI is InChI=1S/C15H19F3N2O3/c1-20-7-6-9(8-20)12(15(16,17)18)19-13(21)10-4-3-5-11(10)14(22)23-2/h6-8,10-12H,3-5H2,1-2H3,(H,19,21)/t10-,11-,12+/m1/s1. The summed E-state index contributed by atoms with van der Waals surface area (Å²) in [7, 11) is 2.81. The molecule has 0 unspecified atom stereocenters. The lowest BCUT2D eigenvalue weighted by atomic mass is 9.94. The number of aryl methyl sites for hydroxylation is 1. The summed E-state index contributed by atoms with van der Waals surface area (Å²) in [5.41, 5.74) is -0.0408. The summed E-state index contributed by atoms with van der Waals surface area (Å²) < 4.78 is 45.9. The minimum atomic E-state index is -4.61. The minimum Gasteiger partial charge on any atom is -0.469 e. The smallest absolute Gasteiger partial charge is 0.412 e. The fourth-order valence-electron chi connectivity index (χ4n) is 3.01. The molecule has 1 fully saturated rings. The zero-order valence-electron chi connectivity index (χ0n) is 12.9. The molecule has 0 radical (unpaired) electrons. The molecule has 23 heavy (non-hydrogen) atoms. The van der Waals surface area contributed by atoms with Crippen LogP contribution < -0.4 is 5.32 Å². The highest BCUT2D eigenvalue weighted by Gasteiger charge is 2.45. The Balaban J connectivity index is 2.16. The molecular formula is C15H19F3N2O3. The molecule has 1 N–H and O–H groups in total. The number of hydrogen-bond donors (Lipinski definition) is 1. The molecule has 8 heteroatoms. The largest absolute Gasteiger partial charge is 0.469 e. The topological polar surface area (TPSA) is 60.3 Å². The third-order valence-electron chi connectivity index (χ3n) is 4.16. The molecule has 0 aromatic carbocycles. The van der Waals surface area contributed by atoms with Crippen LogP contribution in [0.4, 0.5) is 13.2 Å². The third-order valence-corrected chi connectivity index (χ3v) is 4.16. The van der Waals surface area contributed by atoms with Gasteiger partial charge in [-0.3, -0.25) is 9.59 Å². The van der Waals surface area contributed by atoms with Crippen LogP contribution in [0.2, 0.25) is 0 Å². The van der Waals surface area contributed by atoms with Crippen molar-refractivity contribution in [1.29, 1.82) is 0 Å². The molecule has 0 spiro atoms. The van der Waals surface area contributed by atoms with Crippen molar-refractivity contribution >= 4 is 11.9 Å². The number of nitrogens with one attached hydrogen (secondary N) is 1. The molecule has 5 nitrogen and oxygen atoms in total. The van der Waals surface area contributed by atoms with Gasteiger partial charge in [-0.25, -0.2) is 0 Å². The van der Waals surface area contributed by atoms with Crippen LogP contribution >= 0.6 is 0 Å². The number of aromatic nitrogens is 1. The first-order valence-electron chi connectivity index (χ1n) is 7.31. The van der Waals surface area contributed by atoms with Gasteiger partial charge in [-0.1, -0.05) is 6.42 Å². The Labute approximate surface area is 131 Å². The van der Waals surface area contributed by atoms with E-state index in [2.05, 4.69) is 10.1 Å². The molecule has 1 aromatic rings. The molecule has 0 saturated heterocycles. The number of carbonyl (C=O) groups excluding carboxylic acids is 2. The highest BCUT2D eigenvalue weighted by atomic mass is 19.4. The van der Waals surface area contributed by atoms with Gasteiger partial charge < -0.3 is 14.6 Å². The maximum Gasteiger partial charge on any atom is 0.412 e. The third kappa shape index (κ3) is 3.86. The zero-order chi connectivity index (χ0) is 17.2. The van der Waals surface area contributed by atoms with Crippen LogP contribution in [0.3, 0.4) is 0 Å². The average Bonchev–Trinajstić information content (AvgIpc) is 3.11. The van der Waals surface area contributed by atoms with Gasteiger partial charge in [-0.05, 0) is 18.9 Å².